The molecule has 1 amide bonds. The van der Waals surface area contributed by atoms with Crippen molar-refractivity contribution in [1.29, 1.82) is 0 Å². The molecule has 0 bridgehead atoms. The minimum atomic E-state index is -0.223. The van der Waals surface area contributed by atoms with Crippen molar-refractivity contribution in [1.82, 2.24) is 20.3 Å². The van der Waals surface area contributed by atoms with Crippen molar-refractivity contribution < 1.29 is 4.79 Å². The van der Waals surface area contributed by atoms with Crippen molar-refractivity contribution in [3.63, 3.8) is 0 Å². The summed E-state index contributed by atoms with van der Waals surface area (Å²) in [6, 6.07) is 15.8. The number of nitrogens with one attached hydrogen (secondary N) is 2. The highest BCUT2D eigenvalue weighted by Crippen LogP contribution is 2.22. The summed E-state index contributed by atoms with van der Waals surface area (Å²) in [4.78, 5) is 14.5. The Morgan fingerprint density at radius 3 is 2.55 bits per heavy atom. The van der Waals surface area contributed by atoms with Gasteiger partial charge < -0.3 is 5.32 Å². The number of amides is 1. The monoisotopic (exact) mass is 449 g/mol. The Morgan fingerprint density at radius 1 is 1.13 bits per heavy atom. The van der Waals surface area contributed by atoms with Gasteiger partial charge in [-0.3, -0.25) is 10.1 Å². The summed E-state index contributed by atoms with van der Waals surface area (Å²) < 4.78 is 0. The van der Waals surface area contributed by atoms with Gasteiger partial charge in [0.2, 0.25) is 0 Å². The van der Waals surface area contributed by atoms with Crippen LogP contribution in [0.2, 0.25) is 0 Å². The maximum Gasteiger partial charge on any atom is 0.267 e. The van der Waals surface area contributed by atoms with Crippen LogP contribution in [-0.2, 0) is 6.42 Å². The molecule has 0 radical (unpaired) electrons. The summed E-state index contributed by atoms with van der Waals surface area (Å²) in [5, 5.41) is 17.1. The number of hydrogen-bond acceptors (Lipinski definition) is 5. The van der Waals surface area contributed by atoms with Gasteiger partial charge in [0, 0.05) is 5.69 Å². The Balaban J connectivity index is 1.50. The summed E-state index contributed by atoms with van der Waals surface area (Å²) in [6.45, 7) is 4.16. The van der Waals surface area contributed by atoms with Crippen molar-refractivity contribution in [2.75, 3.05) is 5.32 Å². The zero-order valence-corrected chi connectivity index (χ0v) is 19.0. The number of carbonyl (C=O) groups excluding carboxylic acids is 1. The average Bonchev–Trinajstić information content (AvgIpc) is 3.43. The number of rotatable bonds is 6. The van der Waals surface area contributed by atoms with E-state index in [2.05, 4.69) is 39.9 Å². The van der Waals surface area contributed by atoms with E-state index in [-0.39, 0.29) is 11.0 Å². The van der Waals surface area contributed by atoms with E-state index in [4.69, 9.17) is 12.2 Å². The molecule has 6 nitrogen and oxygen atoms in total. The van der Waals surface area contributed by atoms with Gasteiger partial charge in [-0.1, -0.05) is 31.5 Å². The second-order valence-corrected chi connectivity index (χ2v) is 8.66. The summed E-state index contributed by atoms with van der Waals surface area (Å²) in [6.07, 6.45) is 3.46. The first-order valence-corrected chi connectivity index (χ1v) is 11.4. The number of aryl methyl sites for hydroxylation is 2. The Bertz CT molecular complexity index is 1210. The minimum absolute atomic E-state index is 0.223. The van der Waals surface area contributed by atoms with Gasteiger partial charge >= 0.3 is 0 Å². The van der Waals surface area contributed by atoms with Crippen LogP contribution in [0.4, 0.5) is 5.69 Å². The van der Waals surface area contributed by atoms with Crippen molar-refractivity contribution >= 4 is 51.3 Å². The second-order valence-electron chi connectivity index (χ2n) is 7.30. The molecular weight excluding hydrogens is 426 g/mol. The number of hydrogen-bond donors (Lipinski definition) is 2. The van der Waals surface area contributed by atoms with Crippen LogP contribution in [0.1, 0.15) is 40.6 Å². The van der Waals surface area contributed by atoms with Gasteiger partial charge in [0.05, 0.1) is 10.6 Å². The van der Waals surface area contributed by atoms with Crippen LogP contribution in [0.15, 0.2) is 53.9 Å². The van der Waals surface area contributed by atoms with E-state index in [9.17, 15) is 4.79 Å². The highest BCUT2D eigenvalue weighted by molar-refractivity contribution is 7.80. The lowest BCUT2D eigenvalue weighted by Crippen LogP contribution is -2.33. The van der Waals surface area contributed by atoms with Gasteiger partial charge in [0.15, 0.2) is 5.11 Å². The van der Waals surface area contributed by atoms with Gasteiger partial charge in [0.1, 0.15) is 11.0 Å². The van der Waals surface area contributed by atoms with Crippen LogP contribution in [0, 0.1) is 6.92 Å². The van der Waals surface area contributed by atoms with Crippen LogP contribution >= 0.6 is 23.6 Å². The largest absolute Gasteiger partial charge is 0.332 e. The zero-order chi connectivity index (χ0) is 21.8. The van der Waals surface area contributed by atoms with Crippen LogP contribution in [0.3, 0.4) is 0 Å². The maximum absolute atomic E-state index is 12.2. The molecule has 158 valence electrons. The normalized spacial score (nSPS) is 10.9. The molecule has 2 heterocycles. The molecule has 0 aliphatic heterocycles. The number of thiocarbonyl (C=S) groups is 1. The molecule has 0 saturated heterocycles. The Hall–Kier alpha value is -3.10. The fourth-order valence-electron chi connectivity index (χ4n) is 3.22. The van der Waals surface area contributed by atoms with Gasteiger partial charge in [-0.05, 0) is 78.8 Å². The van der Waals surface area contributed by atoms with Crippen LogP contribution < -0.4 is 10.6 Å². The molecule has 4 rings (SSSR count). The first-order valence-electron chi connectivity index (χ1n) is 10.2. The number of fused-ring (bicyclic) bond motifs is 1. The molecule has 0 fully saturated rings. The van der Waals surface area contributed by atoms with Crippen molar-refractivity contribution in [3.05, 3.63) is 69.9 Å². The third-order valence-corrected chi connectivity index (χ3v) is 6.01. The molecule has 0 spiro atoms. The van der Waals surface area contributed by atoms with E-state index < -0.39 is 0 Å². The van der Waals surface area contributed by atoms with E-state index in [0.29, 0.717) is 4.88 Å². The third-order valence-electron chi connectivity index (χ3n) is 4.93. The third kappa shape index (κ3) is 4.98. The topological polar surface area (TPSA) is 71.8 Å². The molecule has 0 unspecified atom stereocenters. The Labute approximate surface area is 190 Å². The molecule has 4 aromatic rings. The number of benzene rings is 2. The predicted octanol–water partition coefficient (Wildman–Crippen LogP) is 5.26. The number of anilines is 1. The molecule has 2 aromatic carbocycles. The molecule has 2 N–H and O–H groups in total. The quantitative estimate of drug-likeness (QED) is 0.393. The van der Waals surface area contributed by atoms with Crippen molar-refractivity contribution in [3.8, 4) is 5.69 Å². The van der Waals surface area contributed by atoms with Gasteiger partial charge in [-0.2, -0.15) is 4.80 Å². The molecule has 0 aliphatic carbocycles. The summed E-state index contributed by atoms with van der Waals surface area (Å²) in [7, 11) is 0. The molecule has 2 aromatic heterocycles. The standard InChI is InChI=1S/C23H23N5OS2/c1-3-4-6-16-8-10-17(11-9-16)28-26-19-13-15(2)18(14-20(19)27-28)24-23(30)25-22(29)21-7-5-12-31-21/h5,7-14H,3-4,6H2,1-2H3,(H2,24,25,29,30). The minimum Gasteiger partial charge on any atom is -0.332 e. The second kappa shape index (κ2) is 9.36. The van der Waals surface area contributed by atoms with Gasteiger partial charge in [-0.15, -0.1) is 21.5 Å². The molecule has 0 aliphatic rings. The van der Waals surface area contributed by atoms with Crippen molar-refractivity contribution in [2.45, 2.75) is 33.1 Å². The maximum atomic E-state index is 12.2. The van der Waals surface area contributed by atoms with E-state index in [1.165, 1.54) is 29.7 Å². The van der Waals surface area contributed by atoms with Crippen LogP contribution in [-0.4, -0.2) is 26.0 Å². The first kappa shape index (κ1) is 21.1. The number of nitrogens with zero attached hydrogens (tertiary/aromatic N) is 3. The Kier molecular flexibility index (Phi) is 6.39. The molecule has 8 heteroatoms. The van der Waals surface area contributed by atoms with Gasteiger partial charge in [-0.25, -0.2) is 0 Å². The van der Waals surface area contributed by atoms with Crippen LogP contribution in [0.5, 0.6) is 0 Å². The SMILES string of the molecule is CCCCc1ccc(-n2nc3cc(C)c(NC(=S)NC(=O)c4cccs4)cc3n2)cc1. The van der Waals surface area contributed by atoms with Gasteiger partial charge in [0.25, 0.3) is 5.91 Å². The average molecular weight is 450 g/mol. The zero-order valence-electron chi connectivity index (χ0n) is 17.4. The Morgan fingerprint density at radius 2 is 1.87 bits per heavy atom. The molecule has 0 saturated carbocycles. The first-order chi connectivity index (χ1) is 15.0. The number of carbonyl (C=O) groups is 1. The molecule has 31 heavy (non-hydrogen) atoms. The van der Waals surface area contributed by atoms with E-state index >= 15 is 0 Å². The van der Waals surface area contributed by atoms with E-state index in [1.54, 1.807) is 10.9 Å². The van der Waals surface area contributed by atoms with Crippen LogP contribution in [0.25, 0.3) is 16.7 Å². The van der Waals surface area contributed by atoms with E-state index in [0.717, 1.165) is 34.4 Å². The number of thiophene rings is 1. The smallest absolute Gasteiger partial charge is 0.267 e. The fourth-order valence-corrected chi connectivity index (χ4v) is 4.04. The lowest BCUT2D eigenvalue weighted by atomic mass is 10.1. The predicted molar refractivity (Wildman–Crippen MR) is 130 cm³/mol. The molecule has 0 atom stereocenters. The molecular formula is C23H23N5OS2. The summed E-state index contributed by atoms with van der Waals surface area (Å²) in [5.74, 6) is -0.223. The lowest BCUT2D eigenvalue weighted by Gasteiger charge is -2.11. The number of aromatic nitrogens is 3. The summed E-state index contributed by atoms with van der Waals surface area (Å²) in [5.41, 5.74) is 5.53. The van der Waals surface area contributed by atoms with Crippen molar-refractivity contribution in [2.24, 2.45) is 0 Å². The highest BCUT2D eigenvalue weighted by Gasteiger charge is 2.12. The summed E-state index contributed by atoms with van der Waals surface area (Å²) >= 11 is 6.68. The number of unbranched alkanes of at least 4 members (excludes halogenated alkanes) is 1. The van der Waals surface area contributed by atoms with E-state index in [1.807, 2.05) is 42.6 Å². The highest BCUT2D eigenvalue weighted by atomic mass is 32.1. The fraction of sp³-hybridized carbons (Fsp3) is 0.217. The lowest BCUT2D eigenvalue weighted by molar-refractivity contribution is 0.0981.